The molecule has 0 aromatic heterocycles. The molecule has 3 N–H and O–H groups in total. The zero-order valence-corrected chi connectivity index (χ0v) is 12.9. The van der Waals surface area contributed by atoms with Crippen LogP contribution in [-0.4, -0.2) is 23.1 Å². The van der Waals surface area contributed by atoms with Gasteiger partial charge in [-0.05, 0) is 37.5 Å². The van der Waals surface area contributed by atoms with Crippen LogP contribution in [0.1, 0.15) is 31.7 Å². The van der Waals surface area contributed by atoms with Crippen molar-refractivity contribution in [3.05, 3.63) is 34.3 Å². The van der Waals surface area contributed by atoms with Crippen molar-refractivity contribution < 1.29 is 14.7 Å². The number of halogens is 1. The smallest absolute Gasteiger partial charge is 0.315 e. The highest BCUT2D eigenvalue weighted by Gasteiger charge is 2.07. The molecule has 2 amide bonds. The number of aliphatic carboxylic acids is 1. The molecule has 0 saturated carbocycles. The molecule has 1 unspecified atom stereocenters. The van der Waals surface area contributed by atoms with Gasteiger partial charge in [-0.25, -0.2) is 4.79 Å². The van der Waals surface area contributed by atoms with Gasteiger partial charge in [-0.15, -0.1) is 0 Å². The van der Waals surface area contributed by atoms with Crippen molar-refractivity contribution in [1.29, 1.82) is 0 Å². The molecule has 0 aliphatic rings. The molecule has 0 fully saturated rings. The van der Waals surface area contributed by atoms with Gasteiger partial charge in [0.2, 0.25) is 0 Å². The second-order valence-corrected chi connectivity index (χ2v) is 5.56. The fourth-order valence-corrected chi connectivity index (χ4v) is 2.18. The lowest BCUT2D eigenvalue weighted by Crippen LogP contribution is -2.40. The van der Waals surface area contributed by atoms with Gasteiger partial charge in [0.15, 0.2) is 0 Å². The first-order valence-electron chi connectivity index (χ1n) is 6.48. The van der Waals surface area contributed by atoms with E-state index >= 15 is 0 Å². The Kier molecular flexibility index (Phi) is 7.08. The topological polar surface area (TPSA) is 78.4 Å². The Morgan fingerprint density at radius 1 is 1.40 bits per heavy atom. The number of nitrogens with one attached hydrogen (secondary N) is 2. The van der Waals surface area contributed by atoms with Gasteiger partial charge in [-0.1, -0.05) is 28.1 Å². The normalized spacial score (nSPS) is 11.7. The van der Waals surface area contributed by atoms with E-state index in [0.717, 1.165) is 10.0 Å². The van der Waals surface area contributed by atoms with E-state index in [1.807, 2.05) is 31.2 Å². The number of carboxylic acid groups (broad SMARTS) is 1. The lowest BCUT2D eigenvalue weighted by atomic mass is 10.1. The van der Waals surface area contributed by atoms with Gasteiger partial charge in [-0.3, -0.25) is 4.79 Å². The third kappa shape index (κ3) is 7.13. The van der Waals surface area contributed by atoms with E-state index in [9.17, 15) is 9.59 Å². The summed E-state index contributed by atoms with van der Waals surface area (Å²) in [5.74, 6) is -0.809. The fraction of sp³-hybridized carbons (Fsp3) is 0.429. The molecule has 6 heteroatoms. The van der Waals surface area contributed by atoms with Crippen molar-refractivity contribution in [3.8, 4) is 0 Å². The summed E-state index contributed by atoms with van der Waals surface area (Å²) in [6.45, 7) is 2.31. The Morgan fingerprint density at radius 2 is 2.15 bits per heavy atom. The molecular formula is C14H19BrN2O3. The van der Waals surface area contributed by atoms with Crippen molar-refractivity contribution >= 4 is 27.9 Å². The summed E-state index contributed by atoms with van der Waals surface area (Å²) < 4.78 is 0.972. The van der Waals surface area contributed by atoms with Crippen molar-refractivity contribution in [3.63, 3.8) is 0 Å². The summed E-state index contributed by atoms with van der Waals surface area (Å²) in [6, 6.07) is 7.42. The predicted molar refractivity (Wildman–Crippen MR) is 80.5 cm³/mol. The summed E-state index contributed by atoms with van der Waals surface area (Å²) in [5.41, 5.74) is 1.01. The second-order valence-electron chi connectivity index (χ2n) is 4.64. The van der Waals surface area contributed by atoms with Crippen molar-refractivity contribution in [2.24, 2.45) is 0 Å². The molecule has 0 radical (unpaired) electrons. The number of urea groups is 1. The number of carbonyl (C=O) groups excluding carboxylic acids is 1. The third-order valence-electron chi connectivity index (χ3n) is 2.75. The molecule has 0 aliphatic carbocycles. The monoisotopic (exact) mass is 342 g/mol. The third-order valence-corrected chi connectivity index (χ3v) is 3.24. The van der Waals surface area contributed by atoms with E-state index in [1.54, 1.807) is 0 Å². The highest BCUT2D eigenvalue weighted by Crippen LogP contribution is 2.11. The number of benzene rings is 1. The lowest BCUT2D eigenvalue weighted by molar-refractivity contribution is -0.137. The predicted octanol–water partition coefficient (Wildman–Crippen LogP) is 2.89. The lowest BCUT2D eigenvalue weighted by Gasteiger charge is -2.14. The fourth-order valence-electron chi connectivity index (χ4n) is 1.74. The van der Waals surface area contributed by atoms with Crippen molar-refractivity contribution in [1.82, 2.24) is 10.6 Å². The minimum Gasteiger partial charge on any atom is -0.481 e. The van der Waals surface area contributed by atoms with Crippen molar-refractivity contribution in [2.75, 3.05) is 0 Å². The van der Waals surface area contributed by atoms with E-state index in [0.29, 0.717) is 19.4 Å². The number of carbonyl (C=O) groups is 2. The number of hydrogen-bond donors (Lipinski definition) is 3. The van der Waals surface area contributed by atoms with Crippen LogP contribution in [0.15, 0.2) is 28.7 Å². The number of carboxylic acids is 1. The molecule has 20 heavy (non-hydrogen) atoms. The SMILES string of the molecule is CC(CCCC(=O)O)NC(=O)NCc1cccc(Br)c1. The first-order chi connectivity index (χ1) is 9.47. The van der Waals surface area contributed by atoms with Gasteiger partial charge in [0.1, 0.15) is 0 Å². The minimum absolute atomic E-state index is 0.0446. The van der Waals surface area contributed by atoms with Gasteiger partial charge in [0, 0.05) is 23.5 Å². The molecule has 0 aliphatic heterocycles. The quantitative estimate of drug-likeness (QED) is 0.712. The van der Waals surface area contributed by atoms with Crippen LogP contribution < -0.4 is 10.6 Å². The first-order valence-corrected chi connectivity index (χ1v) is 7.27. The van der Waals surface area contributed by atoms with Gasteiger partial charge in [0.05, 0.1) is 0 Å². The maximum Gasteiger partial charge on any atom is 0.315 e. The van der Waals surface area contributed by atoms with E-state index in [1.165, 1.54) is 0 Å². The summed E-state index contributed by atoms with van der Waals surface area (Å²) >= 11 is 3.37. The zero-order chi connectivity index (χ0) is 15.0. The van der Waals surface area contributed by atoms with Crippen molar-refractivity contribution in [2.45, 2.75) is 38.8 Å². The zero-order valence-electron chi connectivity index (χ0n) is 11.4. The minimum atomic E-state index is -0.809. The largest absolute Gasteiger partial charge is 0.481 e. The molecule has 0 heterocycles. The maximum atomic E-state index is 11.7. The summed E-state index contributed by atoms with van der Waals surface area (Å²) in [6.07, 6.45) is 1.34. The molecule has 0 bridgehead atoms. The van der Waals surface area contributed by atoms with Gasteiger partial charge >= 0.3 is 12.0 Å². The number of rotatable bonds is 7. The van der Waals surface area contributed by atoms with Crippen LogP contribution in [0.3, 0.4) is 0 Å². The first kappa shape index (κ1) is 16.5. The van der Waals surface area contributed by atoms with Gasteiger partial charge < -0.3 is 15.7 Å². The van der Waals surface area contributed by atoms with Gasteiger partial charge in [0.25, 0.3) is 0 Å². The second kappa shape index (κ2) is 8.58. The average molecular weight is 343 g/mol. The highest BCUT2D eigenvalue weighted by atomic mass is 79.9. The highest BCUT2D eigenvalue weighted by molar-refractivity contribution is 9.10. The number of hydrogen-bond acceptors (Lipinski definition) is 2. The Hall–Kier alpha value is -1.56. The number of amides is 2. The summed E-state index contributed by atoms with van der Waals surface area (Å²) in [5, 5.41) is 14.1. The van der Waals surface area contributed by atoms with Crippen LogP contribution >= 0.6 is 15.9 Å². The molecule has 5 nitrogen and oxygen atoms in total. The maximum absolute atomic E-state index is 11.7. The van der Waals surface area contributed by atoms with Crippen LogP contribution in [0.4, 0.5) is 4.79 Å². The molecule has 1 aromatic rings. The molecule has 1 rings (SSSR count). The molecule has 1 atom stereocenters. The van der Waals surface area contributed by atoms with Crippen LogP contribution in [-0.2, 0) is 11.3 Å². The van der Waals surface area contributed by atoms with E-state index < -0.39 is 5.97 Å². The summed E-state index contributed by atoms with van der Waals surface area (Å²) in [4.78, 5) is 22.0. The van der Waals surface area contributed by atoms with E-state index in [2.05, 4.69) is 26.6 Å². The summed E-state index contributed by atoms with van der Waals surface area (Å²) in [7, 11) is 0. The van der Waals surface area contributed by atoms with Crippen LogP contribution in [0, 0.1) is 0 Å². The van der Waals surface area contributed by atoms with Gasteiger partial charge in [-0.2, -0.15) is 0 Å². The standard InChI is InChI=1S/C14H19BrN2O3/c1-10(4-2-7-13(18)19)17-14(20)16-9-11-5-3-6-12(15)8-11/h3,5-6,8,10H,2,4,7,9H2,1H3,(H,18,19)(H2,16,17,20). The Labute approximate surface area is 126 Å². The Morgan fingerprint density at radius 3 is 2.80 bits per heavy atom. The Balaban J connectivity index is 2.24. The molecular weight excluding hydrogens is 324 g/mol. The molecule has 0 saturated heterocycles. The molecule has 1 aromatic carbocycles. The molecule has 0 spiro atoms. The average Bonchev–Trinajstić information content (AvgIpc) is 2.36. The molecule has 110 valence electrons. The van der Waals surface area contributed by atoms with E-state index in [-0.39, 0.29) is 18.5 Å². The van der Waals surface area contributed by atoms with Crippen LogP contribution in [0.5, 0.6) is 0 Å². The van der Waals surface area contributed by atoms with E-state index in [4.69, 9.17) is 5.11 Å². The van der Waals surface area contributed by atoms with Crippen LogP contribution in [0.25, 0.3) is 0 Å². The Bertz CT molecular complexity index is 465. The van der Waals surface area contributed by atoms with Crippen LogP contribution in [0.2, 0.25) is 0 Å².